The molecule has 2 heterocycles. The smallest absolute Gasteiger partial charge is 0.367 e. The maximum absolute atomic E-state index is 13.2. The number of aromatic nitrogens is 2. The minimum atomic E-state index is -4.48. The van der Waals surface area contributed by atoms with Gasteiger partial charge in [-0.05, 0) is 24.5 Å². The van der Waals surface area contributed by atoms with Gasteiger partial charge in [-0.25, -0.2) is 0 Å². The second-order valence-electron chi connectivity index (χ2n) is 6.11. The summed E-state index contributed by atoms with van der Waals surface area (Å²) < 4.78 is 39.6. The third-order valence-corrected chi connectivity index (χ3v) is 4.21. The Morgan fingerprint density at radius 1 is 1.21 bits per heavy atom. The number of carbonyl (C=O) groups is 1. The summed E-state index contributed by atoms with van der Waals surface area (Å²) in [5, 5.41) is 2.76. The van der Waals surface area contributed by atoms with E-state index in [0.29, 0.717) is 31.1 Å². The average Bonchev–Trinajstić information content (AvgIpc) is 2.52. The molecule has 1 aromatic carbocycles. The Balaban J connectivity index is 2.05. The van der Waals surface area contributed by atoms with Gasteiger partial charge in [-0.1, -0.05) is 6.92 Å². The second-order valence-corrected chi connectivity index (χ2v) is 6.11. The summed E-state index contributed by atoms with van der Waals surface area (Å²) in [5.41, 5.74) is -0.107. The Morgan fingerprint density at radius 3 is 2.58 bits per heavy atom. The first kappa shape index (κ1) is 16.5. The van der Waals surface area contributed by atoms with Gasteiger partial charge in [0.15, 0.2) is 0 Å². The molecule has 1 amide bonds. The summed E-state index contributed by atoms with van der Waals surface area (Å²) in [6, 6.07) is 2.45. The highest BCUT2D eigenvalue weighted by molar-refractivity contribution is 5.90. The van der Waals surface area contributed by atoms with Crippen molar-refractivity contribution >= 4 is 23.1 Å². The van der Waals surface area contributed by atoms with Crippen molar-refractivity contribution in [1.29, 1.82) is 0 Å². The van der Waals surface area contributed by atoms with Gasteiger partial charge >= 0.3 is 6.18 Å². The number of amides is 1. The normalized spacial score (nSPS) is 21.8. The molecule has 1 aromatic heterocycles. The van der Waals surface area contributed by atoms with E-state index in [1.165, 1.54) is 18.5 Å². The minimum Gasteiger partial charge on any atom is -0.367 e. The number of alkyl halides is 3. The number of nitrogens with zero attached hydrogens (tertiary/aromatic N) is 3. The Labute approximate surface area is 136 Å². The van der Waals surface area contributed by atoms with Crippen LogP contribution >= 0.6 is 0 Å². The van der Waals surface area contributed by atoms with Gasteiger partial charge in [0.2, 0.25) is 6.41 Å². The van der Waals surface area contributed by atoms with E-state index in [4.69, 9.17) is 0 Å². The molecule has 1 N–H and O–H groups in total. The fourth-order valence-corrected chi connectivity index (χ4v) is 3.29. The lowest BCUT2D eigenvalue weighted by Crippen LogP contribution is -2.48. The van der Waals surface area contributed by atoms with E-state index in [9.17, 15) is 18.0 Å². The fourth-order valence-electron chi connectivity index (χ4n) is 3.29. The van der Waals surface area contributed by atoms with E-state index in [1.807, 2.05) is 11.8 Å². The summed E-state index contributed by atoms with van der Waals surface area (Å²) in [6.45, 7) is 3.26. The van der Waals surface area contributed by atoms with Crippen LogP contribution in [0.25, 0.3) is 11.0 Å². The van der Waals surface area contributed by atoms with Gasteiger partial charge in [-0.3, -0.25) is 14.8 Å². The monoisotopic (exact) mass is 338 g/mol. The van der Waals surface area contributed by atoms with Crippen LogP contribution in [-0.4, -0.2) is 35.5 Å². The van der Waals surface area contributed by atoms with Crippen molar-refractivity contribution in [2.24, 2.45) is 5.92 Å². The highest BCUT2D eigenvalue weighted by Gasteiger charge is 2.35. The molecule has 2 atom stereocenters. The van der Waals surface area contributed by atoms with E-state index in [2.05, 4.69) is 15.3 Å². The Hall–Kier alpha value is -2.38. The molecule has 24 heavy (non-hydrogen) atoms. The first-order valence-corrected chi connectivity index (χ1v) is 7.65. The topological polar surface area (TPSA) is 58.1 Å². The third kappa shape index (κ3) is 3.13. The number of halogens is 3. The molecule has 2 unspecified atom stereocenters. The molecule has 0 spiro atoms. The number of nitrogens with one attached hydrogen (secondary N) is 1. The molecule has 8 heteroatoms. The summed E-state index contributed by atoms with van der Waals surface area (Å²) in [7, 11) is 0. The lowest BCUT2D eigenvalue weighted by Gasteiger charge is -2.38. The Kier molecular flexibility index (Phi) is 4.29. The van der Waals surface area contributed by atoms with E-state index in [1.54, 1.807) is 0 Å². The SMILES string of the molecule is CC1CC(NC=O)CN(c2ccc(C(F)(F)F)c3nccnc23)C1. The van der Waals surface area contributed by atoms with Gasteiger partial charge in [0.1, 0.15) is 11.0 Å². The molecule has 1 aliphatic heterocycles. The van der Waals surface area contributed by atoms with Gasteiger partial charge in [0.25, 0.3) is 0 Å². The minimum absolute atomic E-state index is 0.0414. The van der Waals surface area contributed by atoms with Crippen LogP contribution in [-0.2, 0) is 11.0 Å². The predicted octanol–water partition coefficient (Wildman–Crippen LogP) is 2.61. The maximum Gasteiger partial charge on any atom is 0.418 e. The molecular formula is C16H17F3N4O. The van der Waals surface area contributed by atoms with Gasteiger partial charge in [-0.15, -0.1) is 0 Å². The Bertz CT molecular complexity index is 750. The summed E-state index contributed by atoms with van der Waals surface area (Å²) in [4.78, 5) is 20.7. The molecule has 0 radical (unpaired) electrons. The van der Waals surface area contributed by atoms with Gasteiger partial charge < -0.3 is 10.2 Å². The van der Waals surface area contributed by atoms with Crippen LogP contribution in [0.3, 0.4) is 0 Å². The van der Waals surface area contributed by atoms with E-state index >= 15 is 0 Å². The lowest BCUT2D eigenvalue weighted by molar-refractivity contribution is -0.136. The molecule has 5 nitrogen and oxygen atoms in total. The van der Waals surface area contributed by atoms with Crippen molar-refractivity contribution in [3.63, 3.8) is 0 Å². The molecule has 1 aliphatic rings. The van der Waals surface area contributed by atoms with Crippen LogP contribution < -0.4 is 10.2 Å². The Morgan fingerprint density at radius 2 is 1.92 bits per heavy atom. The number of hydrogen-bond donors (Lipinski definition) is 1. The summed E-state index contributed by atoms with van der Waals surface area (Å²) in [6.07, 6.45) is -0.341. The maximum atomic E-state index is 13.2. The molecule has 0 saturated carbocycles. The van der Waals surface area contributed by atoms with Gasteiger partial charge in [0, 0.05) is 31.5 Å². The van der Waals surface area contributed by atoms with E-state index < -0.39 is 11.7 Å². The molecule has 2 aromatic rings. The lowest BCUT2D eigenvalue weighted by atomic mass is 9.95. The quantitative estimate of drug-likeness (QED) is 0.874. The molecular weight excluding hydrogens is 321 g/mol. The zero-order valence-electron chi connectivity index (χ0n) is 13.0. The first-order chi connectivity index (χ1) is 11.4. The van der Waals surface area contributed by atoms with Crippen molar-refractivity contribution in [3.8, 4) is 0 Å². The predicted molar refractivity (Wildman–Crippen MR) is 83.5 cm³/mol. The number of piperidine rings is 1. The van der Waals surface area contributed by atoms with Crippen molar-refractivity contribution in [2.45, 2.75) is 25.6 Å². The van der Waals surface area contributed by atoms with Crippen LogP contribution in [0.4, 0.5) is 18.9 Å². The molecule has 0 bridgehead atoms. The molecule has 128 valence electrons. The number of carbonyl (C=O) groups excluding carboxylic acids is 1. The molecule has 3 rings (SSSR count). The number of fused-ring (bicyclic) bond motifs is 1. The molecule has 0 aliphatic carbocycles. The first-order valence-electron chi connectivity index (χ1n) is 7.65. The largest absolute Gasteiger partial charge is 0.418 e. The van der Waals surface area contributed by atoms with E-state index in [0.717, 1.165) is 12.5 Å². The standard InChI is InChI=1S/C16H17F3N4O/c1-10-6-11(22-9-24)8-23(7-10)13-3-2-12(16(17,18)19)14-15(13)21-5-4-20-14/h2-5,9-11H,6-8H2,1H3,(H,22,24). The van der Waals surface area contributed by atoms with Crippen molar-refractivity contribution in [2.75, 3.05) is 18.0 Å². The van der Waals surface area contributed by atoms with Crippen LogP contribution in [0.2, 0.25) is 0 Å². The summed E-state index contributed by atoms with van der Waals surface area (Å²) in [5.74, 6) is 0.296. The fraction of sp³-hybridized carbons (Fsp3) is 0.438. The zero-order chi connectivity index (χ0) is 17.3. The molecule has 1 fully saturated rings. The van der Waals surface area contributed by atoms with Crippen LogP contribution in [0, 0.1) is 5.92 Å². The third-order valence-electron chi connectivity index (χ3n) is 4.21. The number of benzene rings is 1. The number of anilines is 1. The second kappa shape index (κ2) is 6.26. The van der Waals surface area contributed by atoms with Gasteiger partial charge in [0.05, 0.1) is 11.3 Å². The highest BCUT2D eigenvalue weighted by Crippen LogP contribution is 2.37. The van der Waals surface area contributed by atoms with Crippen LogP contribution in [0.5, 0.6) is 0 Å². The average molecular weight is 338 g/mol. The van der Waals surface area contributed by atoms with Gasteiger partial charge in [-0.2, -0.15) is 13.2 Å². The molecule has 1 saturated heterocycles. The van der Waals surface area contributed by atoms with Crippen LogP contribution in [0.1, 0.15) is 18.9 Å². The van der Waals surface area contributed by atoms with Crippen molar-refractivity contribution in [3.05, 3.63) is 30.1 Å². The highest BCUT2D eigenvalue weighted by atomic mass is 19.4. The van der Waals surface area contributed by atoms with Crippen LogP contribution in [0.15, 0.2) is 24.5 Å². The van der Waals surface area contributed by atoms with E-state index in [-0.39, 0.29) is 17.1 Å². The number of hydrogen-bond acceptors (Lipinski definition) is 4. The van der Waals surface area contributed by atoms with Crippen molar-refractivity contribution < 1.29 is 18.0 Å². The van der Waals surface area contributed by atoms with Crippen molar-refractivity contribution in [1.82, 2.24) is 15.3 Å². The summed E-state index contributed by atoms with van der Waals surface area (Å²) >= 11 is 0. The zero-order valence-corrected chi connectivity index (χ0v) is 13.0. The number of rotatable bonds is 3.